The third-order valence-corrected chi connectivity index (χ3v) is 4.59. The van der Waals surface area contributed by atoms with E-state index in [0.29, 0.717) is 24.7 Å². The van der Waals surface area contributed by atoms with Crippen LogP contribution in [-0.2, 0) is 18.3 Å². The SMILES string of the molecule is Cc1cc(=O)[nH]c([C@H]2CN(Cc3nc4ccccc4n3C)CCO2)n1. The maximum absolute atomic E-state index is 11.7. The molecule has 1 saturated heterocycles. The quantitative estimate of drug-likeness (QED) is 0.783. The van der Waals surface area contributed by atoms with Gasteiger partial charge in [0.05, 0.1) is 24.2 Å². The zero-order valence-corrected chi connectivity index (χ0v) is 14.4. The fourth-order valence-corrected chi connectivity index (χ4v) is 3.30. The summed E-state index contributed by atoms with van der Waals surface area (Å²) in [5, 5.41) is 0. The van der Waals surface area contributed by atoms with Crippen molar-refractivity contribution in [1.29, 1.82) is 0 Å². The number of rotatable bonds is 3. The number of benzene rings is 1. The lowest BCUT2D eigenvalue weighted by atomic mass is 10.2. The number of H-pyrrole nitrogens is 1. The summed E-state index contributed by atoms with van der Waals surface area (Å²) in [6.07, 6.45) is -0.226. The van der Waals surface area contributed by atoms with Crippen LogP contribution < -0.4 is 5.56 Å². The molecule has 1 fully saturated rings. The first kappa shape index (κ1) is 16.0. The van der Waals surface area contributed by atoms with E-state index in [2.05, 4.69) is 25.5 Å². The van der Waals surface area contributed by atoms with Crippen molar-refractivity contribution in [2.45, 2.75) is 19.6 Å². The van der Waals surface area contributed by atoms with E-state index in [1.807, 2.05) is 32.2 Å². The van der Waals surface area contributed by atoms with E-state index < -0.39 is 0 Å². The molecule has 25 heavy (non-hydrogen) atoms. The number of ether oxygens (including phenoxy) is 1. The van der Waals surface area contributed by atoms with Crippen molar-refractivity contribution >= 4 is 11.0 Å². The van der Waals surface area contributed by atoms with Crippen molar-refractivity contribution in [3.8, 4) is 0 Å². The van der Waals surface area contributed by atoms with Crippen molar-refractivity contribution < 1.29 is 4.74 Å². The van der Waals surface area contributed by atoms with Crippen LogP contribution in [0, 0.1) is 6.92 Å². The molecule has 0 bridgehead atoms. The highest BCUT2D eigenvalue weighted by Crippen LogP contribution is 2.21. The second kappa shape index (κ2) is 6.42. The number of fused-ring (bicyclic) bond motifs is 1. The smallest absolute Gasteiger partial charge is 0.251 e. The van der Waals surface area contributed by atoms with E-state index in [1.165, 1.54) is 6.07 Å². The average molecular weight is 339 g/mol. The maximum atomic E-state index is 11.7. The summed E-state index contributed by atoms with van der Waals surface area (Å²) in [4.78, 5) is 25.9. The number of hydrogen-bond donors (Lipinski definition) is 1. The van der Waals surface area contributed by atoms with Gasteiger partial charge in [0.25, 0.3) is 5.56 Å². The van der Waals surface area contributed by atoms with Crippen LogP contribution in [0.4, 0.5) is 0 Å². The monoisotopic (exact) mass is 339 g/mol. The fraction of sp³-hybridized carbons (Fsp3) is 0.389. The number of aromatic amines is 1. The fourth-order valence-electron chi connectivity index (χ4n) is 3.30. The second-order valence-corrected chi connectivity index (χ2v) is 6.44. The summed E-state index contributed by atoms with van der Waals surface area (Å²) in [6, 6.07) is 9.63. The summed E-state index contributed by atoms with van der Waals surface area (Å²) in [5.74, 6) is 1.62. The van der Waals surface area contributed by atoms with Crippen LogP contribution in [0.5, 0.6) is 0 Å². The molecular weight excluding hydrogens is 318 g/mol. The zero-order valence-electron chi connectivity index (χ0n) is 14.4. The third kappa shape index (κ3) is 3.20. The molecule has 0 saturated carbocycles. The molecule has 1 aliphatic rings. The number of morpholine rings is 1. The summed E-state index contributed by atoms with van der Waals surface area (Å²) in [6.45, 7) is 4.66. The Labute approximate surface area is 145 Å². The van der Waals surface area contributed by atoms with Gasteiger partial charge in [-0.05, 0) is 19.1 Å². The van der Waals surface area contributed by atoms with Crippen LogP contribution >= 0.6 is 0 Å². The lowest BCUT2D eigenvalue weighted by Gasteiger charge is -2.32. The maximum Gasteiger partial charge on any atom is 0.251 e. The van der Waals surface area contributed by atoms with Crippen molar-refractivity contribution in [2.75, 3.05) is 19.7 Å². The molecule has 7 nitrogen and oxygen atoms in total. The Morgan fingerprint density at radius 3 is 2.96 bits per heavy atom. The van der Waals surface area contributed by atoms with Gasteiger partial charge < -0.3 is 14.3 Å². The largest absolute Gasteiger partial charge is 0.368 e. The van der Waals surface area contributed by atoms with Gasteiger partial charge in [-0.2, -0.15) is 0 Å². The topological polar surface area (TPSA) is 76.0 Å². The molecule has 0 amide bonds. The Morgan fingerprint density at radius 1 is 1.32 bits per heavy atom. The Hall–Kier alpha value is -2.51. The van der Waals surface area contributed by atoms with E-state index >= 15 is 0 Å². The predicted octanol–water partition coefficient (Wildman–Crippen LogP) is 1.54. The highest BCUT2D eigenvalue weighted by Gasteiger charge is 2.25. The molecular formula is C18H21N5O2. The molecule has 1 aromatic carbocycles. The Balaban J connectivity index is 1.54. The van der Waals surface area contributed by atoms with E-state index in [1.54, 1.807) is 0 Å². The molecule has 2 aromatic heterocycles. The van der Waals surface area contributed by atoms with Crippen LogP contribution in [0.1, 0.15) is 23.4 Å². The number of aromatic nitrogens is 4. The predicted molar refractivity (Wildman–Crippen MR) is 94.3 cm³/mol. The summed E-state index contributed by atoms with van der Waals surface area (Å²) < 4.78 is 7.96. The summed E-state index contributed by atoms with van der Waals surface area (Å²) >= 11 is 0. The molecule has 3 heterocycles. The number of nitrogens with one attached hydrogen (secondary N) is 1. The molecule has 1 atom stereocenters. The average Bonchev–Trinajstić information content (AvgIpc) is 2.91. The molecule has 1 N–H and O–H groups in total. The zero-order chi connectivity index (χ0) is 17.4. The molecule has 3 aromatic rings. The van der Waals surface area contributed by atoms with Crippen molar-refractivity contribution in [2.24, 2.45) is 7.05 Å². The van der Waals surface area contributed by atoms with Crippen molar-refractivity contribution in [3.63, 3.8) is 0 Å². The second-order valence-electron chi connectivity index (χ2n) is 6.44. The van der Waals surface area contributed by atoms with Crippen molar-refractivity contribution in [1.82, 2.24) is 24.4 Å². The van der Waals surface area contributed by atoms with Gasteiger partial charge in [-0.15, -0.1) is 0 Å². The minimum absolute atomic E-state index is 0.140. The van der Waals surface area contributed by atoms with E-state index in [9.17, 15) is 4.79 Å². The van der Waals surface area contributed by atoms with Crippen LogP contribution in [0.2, 0.25) is 0 Å². The Kier molecular flexibility index (Phi) is 4.10. The molecule has 0 aliphatic carbocycles. The van der Waals surface area contributed by atoms with Gasteiger partial charge in [0, 0.05) is 31.9 Å². The first-order chi connectivity index (χ1) is 12.1. The Morgan fingerprint density at radius 2 is 2.16 bits per heavy atom. The van der Waals surface area contributed by atoms with E-state index in [4.69, 9.17) is 9.72 Å². The first-order valence-electron chi connectivity index (χ1n) is 8.42. The minimum atomic E-state index is -0.226. The van der Waals surface area contributed by atoms with Gasteiger partial charge in [-0.25, -0.2) is 9.97 Å². The summed E-state index contributed by atoms with van der Waals surface area (Å²) in [7, 11) is 2.04. The molecule has 0 radical (unpaired) electrons. The van der Waals surface area contributed by atoms with Gasteiger partial charge >= 0.3 is 0 Å². The normalized spacial score (nSPS) is 18.7. The third-order valence-electron chi connectivity index (χ3n) is 4.59. The van der Waals surface area contributed by atoms with E-state index in [0.717, 1.165) is 29.9 Å². The number of nitrogens with zero attached hydrogens (tertiary/aromatic N) is 4. The summed E-state index contributed by atoms with van der Waals surface area (Å²) in [5.41, 5.74) is 2.70. The molecule has 7 heteroatoms. The van der Waals surface area contributed by atoms with E-state index in [-0.39, 0.29) is 11.7 Å². The number of aryl methyl sites for hydroxylation is 2. The lowest BCUT2D eigenvalue weighted by molar-refractivity contribution is -0.0383. The highest BCUT2D eigenvalue weighted by atomic mass is 16.5. The Bertz CT molecular complexity index is 961. The van der Waals surface area contributed by atoms with Gasteiger partial charge in [-0.1, -0.05) is 12.1 Å². The van der Waals surface area contributed by atoms with Gasteiger partial charge in [0.15, 0.2) is 0 Å². The van der Waals surface area contributed by atoms with Crippen LogP contribution in [0.3, 0.4) is 0 Å². The molecule has 0 unspecified atom stereocenters. The molecule has 4 rings (SSSR count). The van der Waals surface area contributed by atoms with Crippen LogP contribution in [0.25, 0.3) is 11.0 Å². The number of para-hydroxylation sites is 2. The minimum Gasteiger partial charge on any atom is -0.368 e. The van der Waals surface area contributed by atoms with Gasteiger partial charge in [0.1, 0.15) is 17.8 Å². The molecule has 130 valence electrons. The van der Waals surface area contributed by atoms with Crippen molar-refractivity contribution in [3.05, 3.63) is 58.0 Å². The standard InChI is InChI=1S/C18H21N5O2/c1-12-9-17(24)21-18(19-12)15-10-23(7-8-25-15)11-16-20-13-5-3-4-6-14(13)22(16)2/h3-6,9,15H,7-8,10-11H2,1-2H3,(H,19,21,24)/t15-/m1/s1. The lowest BCUT2D eigenvalue weighted by Crippen LogP contribution is -2.39. The highest BCUT2D eigenvalue weighted by molar-refractivity contribution is 5.75. The van der Waals surface area contributed by atoms with Gasteiger partial charge in [0.2, 0.25) is 0 Å². The van der Waals surface area contributed by atoms with Gasteiger partial charge in [-0.3, -0.25) is 9.69 Å². The number of imidazole rings is 1. The van der Waals surface area contributed by atoms with Crippen LogP contribution in [-0.4, -0.2) is 44.1 Å². The molecule has 1 aliphatic heterocycles. The molecule has 0 spiro atoms. The number of hydrogen-bond acceptors (Lipinski definition) is 5. The first-order valence-corrected chi connectivity index (χ1v) is 8.42. The van der Waals surface area contributed by atoms with Crippen LogP contribution in [0.15, 0.2) is 35.1 Å².